The van der Waals surface area contributed by atoms with Gasteiger partial charge in [-0.15, -0.1) is 11.3 Å². The zero-order chi connectivity index (χ0) is 11.8. The van der Waals surface area contributed by atoms with Gasteiger partial charge in [0.25, 0.3) is 0 Å². The molecule has 0 saturated heterocycles. The lowest BCUT2D eigenvalue weighted by Crippen LogP contribution is -2.31. The zero-order valence-corrected chi connectivity index (χ0v) is 12.1. The summed E-state index contributed by atoms with van der Waals surface area (Å²) < 4.78 is 1.21. The Bertz CT molecular complexity index is 286. The van der Waals surface area contributed by atoms with E-state index in [9.17, 15) is 0 Å². The summed E-state index contributed by atoms with van der Waals surface area (Å²) in [6, 6.07) is 0.638. The van der Waals surface area contributed by atoms with Gasteiger partial charge in [-0.1, -0.05) is 32.0 Å². The van der Waals surface area contributed by atoms with E-state index in [-0.39, 0.29) is 0 Å². The van der Waals surface area contributed by atoms with Crippen LogP contribution in [0.3, 0.4) is 0 Å². The molecular weight excluding hydrogens is 236 g/mol. The molecule has 0 fully saturated rings. The average Bonchev–Trinajstić information content (AvgIpc) is 2.68. The van der Waals surface area contributed by atoms with Gasteiger partial charge >= 0.3 is 0 Å². The van der Waals surface area contributed by atoms with E-state index in [0.29, 0.717) is 6.04 Å². The summed E-state index contributed by atoms with van der Waals surface area (Å²) in [5.74, 6) is 1.14. The van der Waals surface area contributed by atoms with Crippen LogP contribution in [-0.2, 0) is 0 Å². The van der Waals surface area contributed by atoms with E-state index >= 15 is 0 Å². The molecule has 0 saturated carbocycles. The van der Waals surface area contributed by atoms with Gasteiger partial charge in [-0.3, -0.25) is 0 Å². The van der Waals surface area contributed by atoms with E-state index in [2.05, 4.69) is 36.5 Å². The topological polar surface area (TPSA) is 24.9 Å². The minimum atomic E-state index is 0.638. The van der Waals surface area contributed by atoms with Crippen LogP contribution in [0.25, 0.3) is 0 Å². The number of nitrogens with zero attached hydrogens (tertiary/aromatic N) is 1. The van der Waals surface area contributed by atoms with E-state index in [1.807, 2.05) is 11.8 Å². The maximum atomic E-state index is 4.48. The van der Waals surface area contributed by atoms with Gasteiger partial charge in [0, 0.05) is 22.9 Å². The van der Waals surface area contributed by atoms with Gasteiger partial charge in [0.2, 0.25) is 0 Å². The molecule has 4 heteroatoms. The Morgan fingerprint density at radius 3 is 2.81 bits per heavy atom. The second-order valence-electron chi connectivity index (χ2n) is 4.01. The molecule has 1 atom stereocenters. The van der Waals surface area contributed by atoms with Crippen molar-refractivity contribution in [2.24, 2.45) is 0 Å². The summed E-state index contributed by atoms with van der Waals surface area (Å²) in [6.07, 6.45) is 3.72. The average molecular weight is 258 g/mol. The molecule has 92 valence electrons. The molecule has 0 aliphatic rings. The molecule has 0 radical (unpaired) electrons. The normalized spacial score (nSPS) is 12.9. The molecular formula is C12H22N2S2. The largest absolute Gasteiger partial charge is 0.313 e. The molecule has 1 aromatic heterocycles. The number of hydrogen-bond donors (Lipinski definition) is 1. The van der Waals surface area contributed by atoms with Crippen LogP contribution in [-0.4, -0.2) is 23.3 Å². The van der Waals surface area contributed by atoms with Gasteiger partial charge in [-0.05, 0) is 26.3 Å². The monoisotopic (exact) mass is 258 g/mol. The molecule has 0 aliphatic heterocycles. The van der Waals surface area contributed by atoms with Crippen molar-refractivity contribution in [3.63, 3.8) is 0 Å². The maximum absolute atomic E-state index is 4.48. The SMILES string of the molecule is CCCNC(CCC)CSc1nc(C)cs1. The van der Waals surface area contributed by atoms with Gasteiger partial charge in [-0.2, -0.15) is 0 Å². The lowest BCUT2D eigenvalue weighted by Gasteiger charge is -2.16. The number of aromatic nitrogens is 1. The summed E-state index contributed by atoms with van der Waals surface area (Å²) >= 11 is 3.64. The lowest BCUT2D eigenvalue weighted by molar-refractivity contribution is 0.514. The van der Waals surface area contributed by atoms with Crippen molar-refractivity contribution >= 4 is 23.1 Å². The summed E-state index contributed by atoms with van der Waals surface area (Å²) in [7, 11) is 0. The molecule has 0 amide bonds. The predicted molar refractivity (Wildman–Crippen MR) is 74.6 cm³/mol. The number of nitrogens with one attached hydrogen (secondary N) is 1. The highest BCUT2D eigenvalue weighted by atomic mass is 32.2. The minimum Gasteiger partial charge on any atom is -0.313 e. The Morgan fingerprint density at radius 2 is 2.25 bits per heavy atom. The first-order chi connectivity index (χ1) is 7.76. The molecule has 1 rings (SSSR count). The third kappa shape index (κ3) is 5.32. The summed E-state index contributed by atoms with van der Waals surface area (Å²) in [5.41, 5.74) is 1.14. The highest BCUT2D eigenvalue weighted by Crippen LogP contribution is 2.23. The van der Waals surface area contributed by atoms with Crippen LogP contribution in [0.4, 0.5) is 0 Å². The molecule has 1 aromatic rings. The summed E-state index contributed by atoms with van der Waals surface area (Å²) in [4.78, 5) is 4.48. The van der Waals surface area contributed by atoms with Crippen molar-refractivity contribution in [2.75, 3.05) is 12.3 Å². The zero-order valence-electron chi connectivity index (χ0n) is 10.5. The van der Waals surface area contributed by atoms with Gasteiger partial charge in [0.15, 0.2) is 0 Å². The van der Waals surface area contributed by atoms with E-state index in [1.165, 1.54) is 23.6 Å². The fraction of sp³-hybridized carbons (Fsp3) is 0.750. The molecule has 2 nitrogen and oxygen atoms in total. The van der Waals surface area contributed by atoms with Crippen LogP contribution in [0.2, 0.25) is 0 Å². The standard InChI is InChI=1S/C12H22N2S2/c1-4-6-11(13-7-5-2)9-16-12-14-10(3)8-15-12/h8,11,13H,4-7,9H2,1-3H3. The maximum Gasteiger partial charge on any atom is 0.150 e. The van der Waals surface area contributed by atoms with Crippen LogP contribution >= 0.6 is 23.1 Å². The van der Waals surface area contributed by atoms with Crippen LogP contribution < -0.4 is 5.32 Å². The Morgan fingerprint density at radius 1 is 1.44 bits per heavy atom. The molecule has 0 aromatic carbocycles. The van der Waals surface area contributed by atoms with Crippen LogP contribution in [0.15, 0.2) is 9.72 Å². The van der Waals surface area contributed by atoms with Crippen LogP contribution in [0.1, 0.15) is 38.8 Å². The predicted octanol–water partition coefficient (Wildman–Crippen LogP) is 3.71. The molecule has 1 unspecified atom stereocenters. The Hall–Kier alpha value is -0.0600. The first-order valence-corrected chi connectivity index (χ1v) is 7.91. The molecule has 1 N–H and O–H groups in total. The van der Waals surface area contributed by atoms with Gasteiger partial charge in [0.05, 0.1) is 0 Å². The molecule has 0 bridgehead atoms. The second-order valence-corrected chi connectivity index (χ2v) is 6.13. The molecule has 1 heterocycles. The summed E-state index contributed by atoms with van der Waals surface area (Å²) in [6.45, 7) is 7.65. The van der Waals surface area contributed by atoms with Crippen molar-refractivity contribution in [2.45, 2.75) is 50.4 Å². The van der Waals surface area contributed by atoms with E-state index in [1.54, 1.807) is 11.3 Å². The molecule has 16 heavy (non-hydrogen) atoms. The minimum absolute atomic E-state index is 0.638. The van der Waals surface area contributed by atoms with Crippen molar-refractivity contribution in [1.82, 2.24) is 10.3 Å². The number of thioether (sulfide) groups is 1. The third-order valence-corrected chi connectivity index (χ3v) is 4.63. The van der Waals surface area contributed by atoms with Crippen molar-refractivity contribution in [3.05, 3.63) is 11.1 Å². The highest BCUT2D eigenvalue weighted by Gasteiger charge is 2.08. The van der Waals surface area contributed by atoms with Crippen molar-refractivity contribution < 1.29 is 0 Å². The molecule has 0 aliphatic carbocycles. The first-order valence-electron chi connectivity index (χ1n) is 6.04. The number of thiazole rings is 1. The number of aryl methyl sites for hydroxylation is 1. The van der Waals surface area contributed by atoms with E-state index in [0.717, 1.165) is 18.0 Å². The Kier molecular flexibility index (Phi) is 7.08. The Labute approximate surface area is 107 Å². The highest BCUT2D eigenvalue weighted by molar-refractivity contribution is 8.01. The Balaban J connectivity index is 2.30. The quantitative estimate of drug-likeness (QED) is 0.720. The smallest absolute Gasteiger partial charge is 0.150 e. The van der Waals surface area contributed by atoms with Gasteiger partial charge in [0.1, 0.15) is 4.34 Å². The van der Waals surface area contributed by atoms with E-state index in [4.69, 9.17) is 0 Å². The fourth-order valence-electron chi connectivity index (χ4n) is 1.51. The fourth-order valence-corrected chi connectivity index (χ4v) is 3.49. The summed E-state index contributed by atoms with van der Waals surface area (Å²) in [5, 5.41) is 5.73. The lowest BCUT2D eigenvalue weighted by atomic mass is 10.2. The van der Waals surface area contributed by atoms with E-state index < -0.39 is 0 Å². The van der Waals surface area contributed by atoms with Crippen molar-refractivity contribution in [3.8, 4) is 0 Å². The number of hydrogen-bond acceptors (Lipinski definition) is 4. The first kappa shape index (κ1) is 14.0. The second kappa shape index (κ2) is 8.09. The number of rotatable bonds is 8. The van der Waals surface area contributed by atoms with Crippen LogP contribution in [0.5, 0.6) is 0 Å². The van der Waals surface area contributed by atoms with Crippen LogP contribution in [0, 0.1) is 6.92 Å². The van der Waals surface area contributed by atoms with Gasteiger partial charge in [-0.25, -0.2) is 4.98 Å². The third-order valence-electron chi connectivity index (χ3n) is 2.33. The van der Waals surface area contributed by atoms with Gasteiger partial charge < -0.3 is 5.32 Å². The molecule has 0 spiro atoms. The van der Waals surface area contributed by atoms with Crippen molar-refractivity contribution in [1.29, 1.82) is 0 Å².